The van der Waals surface area contributed by atoms with Crippen LogP contribution < -0.4 is 10.2 Å². The van der Waals surface area contributed by atoms with Crippen molar-refractivity contribution in [1.82, 2.24) is 19.9 Å². The molecule has 0 aliphatic carbocycles. The number of nitrogens with zero attached hydrogens (tertiary/aromatic N) is 5. The zero-order valence-corrected chi connectivity index (χ0v) is 13.4. The first-order valence-electron chi connectivity index (χ1n) is 7.72. The highest BCUT2D eigenvalue weighted by Crippen LogP contribution is 2.28. The molecule has 0 bridgehead atoms. The molecule has 1 N–H and O–H groups in total. The summed E-state index contributed by atoms with van der Waals surface area (Å²) in [4.78, 5) is 20.2. The summed E-state index contributed by atoms with van der Waals surface area (Å²) in [6, 6.07) is 4.01. The van der Waals surface area contributed by atoms with Gasteiger partial charge in [-0.1, -0.05) is 0 Å². The van der Waals surface area contributed by atoms with E-state index in [0.29, 0.717) is 5.92 Å². The highest BCUT2D eigenvalue weighted by atomic mass is 15.2. The van der Waals surface area contributed by atoms with Crippen LogP contribution in [0.5, 0.6) is 0 Å². The lowest BCUT2D eigenvalue weighted by molar-refractivity contribution is 0.488. The van der Waals surface area contributed by atoms with Crippen LogP contribution in [0.4, 0.5) is 11.6 Å². The van der Waals surface area contributed by atoms with Gasteiger partial charge in [0.05, 0.1) is 0 Å². The summed E-state index contributed by atoms with van der Waals surface area (Å²) in [6.07, 6.45) is 3.88. The molecule has 0 spiro atoms. The molecule has 1 aliphatic rings. The molecule has 0 saturated carbocycles. The average Bonchev–Trinajstić information content (AvgIpc) is 2.54. The van der Waals surface area contributed by atoms with E-state index in [1.54, 1.807) is 6.33 Å². The molecule has 3 heterocycles. The topological polar surface area (TPSA) is 66.8 Å². The molecule has 0 aromatic carbocycles. The van der Waals surface area contributed by atoms with Crippen molar-refractivity contribution in [3.8, 4) is 0 Å². The fourth-order valence-electron chi connectivity index (χ4n) is 2.91. The largest absolute Gasteiger partial charge is 0.373 e. The summed E-state index contributed by atoms with van der Waals surface area (Å²) in [5, 5.41) is 3.11. The maximum absolute atomic E-state index is 4.64. The van der Waals surface area contributed by atoms with E-state index in [-0.39, 0.29) is 0 Å². The maximum atomic E-state index is 4.64. The summed E-state index contributed by atoms with van der Waals surface area (Å²) in [5.41, 5.74) is 2.00. The van der Waals surface area contributed by atoms with Crippen LogP contribution >= 0.6 is 0 Å². The fourth-order valence-corrected chi connectivity index (χ4v) is 2.91. The molecule has 3 rings (SSSR count). The van der Waals surface area contributed by atoms with Gasteiger partial charge in [0.25, 0.3) is 0 Å². The van der Waals surface area contributed by atoms with Crippen LogP contribution in [0.25, 0.3) is 0 Å². The lowest BCUT2D eigenvalue weighted by Gasteiger charge is -2.33. The molecule has 116 valence electrons. The molecule has 0 radical (unpaired) electrons. The highest BCUT2D eigenvalue weighted by Gasteiger charge is 2.25. The zero-order chi connectivity index (χ0) is 15.5. The minimum atomic E-state index is 0.344. The van der Waals surface area contributed by atoms with Gasteiger partial charge in [0, 0.05) is 49.6 Å². The first-order chi connectivity index (χ1) is 10.7. The summed E-state index contributed by atoms with van der Waals surface area (Å²) in [5.74, 6) is 3.16. The highest BCUT2D eigenvalue weighted by molar-refractivity contribution is 5.40. The minimum absolute atomic E-state index is 0.344. The molecular formula is C16H22N6. The van der Waals surface area contributed by atoms with Crippen LogP contribution in [-0.4, -0.2) is 40.1 Å². The van der Waals surface area contributed by atoms with Gasteiger partial charge in [-0.25, -0.2) is 19.9 Å². The molecule has 6 heteroatoms. The van der Waals surface area contributed by atoms with Gasteiger partial charge in [-0.2, -0.15) is 0 Å². The molecule has 2 aromatic heterocycles. The molecule has 1 atom stereocenters. The SMILES string of the molecule is CNc1cc(C)nc([C@@H]2CCCN(c3cc(C)ncn3)C2)n1. The van der Waals surface area contributed by atoms with E-state index in [1.165, 1.54) is 0 Å². The van der Waals surface area contributed by atoms with Crippen molar-refractivity contribution in [2.75, 3.05) is 30.4 Å². The number of hydrogen-bond donors (Lipinski definition) is 1. The quantitative estimate of drug-likeness (QED) is 0.938. The Hall–Kier alpha value is -2.24. The number of anilines is 2. The summed E-state index contributed by atoms with van der Waals surface area (Å²) in [6.45, 7) is 5.94. The molecule has 0 amide bonds. The smallest absolute Gasteiger partial charge is 0.135 e. The van der Waals surface area contributed by atoms with Crippen molar-refractivity contribution in [2.45, 2.75) is 32.6 Å². The summed E-state index contributed by atoms with van der Waals surface area (Å²) in [7, 11) is 1.89. The first kappa shape index (κ1) is 14.7. The van der Waals surface area contributed by atoms with Gasteiger partial charge in [0.1, 0.15) is 23.8 Å². The average molecular weight is 298 g/mol. The van der Waals surface area contributed by atoms with Crippen molar-refractivity contribution in [2.24, 2.45) is 0 Å². The predicted molar refractivity (Wildman–Crippen MR) is 87.3 cm³/mol. The predicted octanol–water partition coefficient (Wildman–Crippen LogP) is 2.31. The number of hydrogen-bond acceptors (Lipinski definition) is 6. The molecule has 1 fully saturated rings. The van der Waals surface area contributed by atoms with Gasteiger partial charge in [0.15, 0.2) is 0 Å². The van der Waals surface area contributed by atoms with Gasteiger partial charge in [-0.05, 0) is 26.7 Å². The lowest BCUT2D eigenvalue weighted by atomic mass is 9.97. The van der Waals surface area contributed by atoms with Crippen LogP contribution in [-0.2, 0) is 0 Å². The van der Waals surface area contributed by atoms with Gasteiger partial charge in [-0.15, -0.1) is 0 Å². The number of nitrogens with one attached hydrogen (secondary N) is 1. The van der Waals surface area contributed by atoms with Crippen molar-refractivity contribution in [1.29, 1.82) is 0 Å². The zero-order valence-electron chi connectivity index (χ0n) is 13.4. The Morgan fingerprint density at radius 1 is 1.14 bits per heavy atom. The number of aromatic nitrogens is 4. The van der Waals surface area contributed by atoms with E-state index in [9.17, 15) is 0 Å². The second-order valence-corrected chi connectivity index (χ2v) is 5.81. The van der Waals surface area contributed by atoms with Crippen molar-refractivity contribution in [3.05, 3.63) is 35.7 Å². The van der Waals surface area contributed by atoms with Crippen LogP contribution in [0.15, 0.2) is 18.5 Å². The molecule has 6 nitrogen and oxygen atoms in total. The van der Waals surface area contributed by atoms with Crippen LogP contribution in [0.2, 0.25) is 0 Å². The van der Waals surface area contributed by atoms with Crippen molar-refractivity contribution < 1.29 is 0 Å². The Morgan fingerprint density at radius 2 is 2.00 bits per heavy atom. The third-order valence-corrected chi connectivity index (χ3v) is 4.03. The normalized spacial score (nSPS) is 18.3. The van der Waals surface area contributed by atoms with Crippen molar-refractivity contribution >= 4 is 11.6 Å². The van der Waals surface area contributed by atoms with E-state index in [0.717, 1.165) is 54.8 Å². The molecular weight excluding hydrogens is 276 g/mol. The Kier molecular flexibility index (Phi) is 4.18. The fraction of sp³-hybridized carbons (Fsp3) is 0.500. The number of aryl methyl sites for hydroxylation is 2. The maximum Gasteiger partial charge on any atom is 0.135 e. The first-order valence-corrected chi connectivity index (χ1v) is 7.72. The molecule has 1 saturated heterocycles. The van der Waals surface area contributed by atoms with E-state index in [1.807, 2.05) is 33.0 Å². The van der Waals surface area contributed by atoms with Gasteiger partial charge in [-0.3, -0.25) is 0 Å². The van der Waals surface area contributed by atoms with Gasteiger partial charge >= 0.3 is 0 Å². The summed E-state index contributed by atoms with van der Waals surface area (Å²) >= 11 is 0. The second kappa shape index (κ2) is 6.25. The third-order valence-electron chi connectivity index (χ3n) is 4.03. The number of rotatable bonds is 3. The van der Waals surface area contributed by atoms with Gasteiger partial charge < -0.3 is 10.2 Å². The summed E-state index contributed by atoms with van der Waals surface area (Å²) < 4.78 is 0. The molecule has 22 heavy (non-hydrogen) atoms. The van der Waals surface area contributed by atoms with Crippen molar-refractivity contribution in [3.63, 3.8) is 0 Å². The minimum Gasteiger partial charge on any atom is -0.373 e. The van der Waals surface area contributed by atoms with Crippen LogP contribution in [0, 0.1) is 13.8 Å². The third kappa shape index (κ3) is 3.16. The second-order valence-electron chi connectivity index (χ2n) is 5.81. The standard InChI is InChI=1S/C16H22N6/c1-11-8-15(19-10-18-11)22-6-4-5-13(9-22)16-20-12(2)7-14(17-3)21-16/h7-8,10,13H,4-6,9H2,1-3H3,(H,17,20,21)/t13-/m1/s1. The van der Waals surface area contributed by atoms with E-state index in [2.05, 4.69) is 30.2 Å². The van der Waals surface area contributed by atoms with Crippen LogP contribution in [0.3, 0.4) is 0 Å². The van der Waals surface area contributed by atoms with E-state index in [4.69, 9.17) is 0 Å². The Morgan fingerprint density at radius 3 is 2.77 bits per heavy atom. The molecule has 0 unspecified atom stereocenters. The van der Waals surface area contributed by atoms with Gasteiger partial charge in [0.2, 0.25) is 0 Å². The van der Waals surface area contributed by atoms with Crippen LogP contribution in [0.1, 0.15) is 36.0 Å². The Bertz CT molecular complexity index is 657. The molecule has 2 aromatic rings. The number of piperidine rings is 1. The molecule has 1 aliphatic heterocycles. The van der Waals surface area contributed by atoms with E-state index < -0.39 is 0 Å². The van der Waals surface area contributed by atoms with E-state index >= 15 is 0 Å². The Labute approximate surface area is 131 Å². The monoisotopic (exact) mass is 298 g/mol. The Balaban J connectivity index is 1.82. The lowest BCUT2D eigenvalue weighted by Crippen LogP contribution is -2.35.